The second-order valence-electron chi connectivity index (χ2n) is 6.10. The first-order valence-electron chi connectivity index (χ1n) is 9.19. The molecule has 0 radical (unpaired) electrons. The predicted molar refractivity (Wildman–Crippen MR) is 116 cm³/mol. The van der Waals surface area contributed by atoms with Gasteiger partial charge in [0.1, 0.15) is 24.5 Å². The molecule has 0 saturated heterocycles. The van der Waals surface area contributed by atoms with Crippen molar-refractivity contribution in [3.63, 3.8) is 0 Å². The number of carboxylic acid groups (broad SMARTS) is 2. The van der Waals surface area contributed by atoms with Gasteiger partial charge in [-0.05, 0) is 24.3 Å². The maximum Gasteiger partial charge on any atom is 0.414 e. The number of sulfonamides is 1. The van der Waals surface area contributed by atoms with Crippen LogP contribution in [0.2, 0.25) is 0 Å². The third-order valence-electron chi connectivity index (χ3n) is 3.65. The molecule has 0 saturated carbocycles. The number of benzene rings is 2. The number of aliphatic hydroxyl groups excluding tert-OH is 1. The third-order valence-corrected chi connectivity index (χ3v) is 5.13. The minimum atomic E-state index is -3.52. The number of rotatable bonds is 10. The van der Waals surface area contributed by atoms with Gasteiger partial charge in [0.05, 0.1) is 10.5 Å². The number of aliphatic hydroxyl groups is 1. The van der Waals surface area contributed by atoms with E-state index in [1.54, 1.807) is 42.5 Å². The van der Waals surface area contributed by atoms with Gasteiger partial charge in [0.15, 0.2) is 0 Å². The monoisotopic (exact) mass is 483 g/mol. The van der Waals surface area contributed by atoms with E-state index < -0.39 is 28.1 Å². The van der Waals surface area contributed by atoms with Crippen molar-refractivity contribution in [2.45, 2.75) is 11.0 Å². The summed E-state index contributed by atoms with van der Waals surface area (Å²) in [6.07, 6.45) is -0.785. The number of nitrogens with zero attached hydrogens (tertiary/aromatic N) is 1. The van der Waals surface area contributed by atoms with E-state index in [1.165, 1.54) is 12.1 Å². The fourth-order valence-corrected chi connectivity index (χ4v) is 3.21. The summed E-state index contributed by atoms with van der Waals surface area (Å²) in [6, 6.07) is 16.9. The SMILES string of the molecule is N#Cc1ccccc1OCC(O)CNCCNS(=O)(=O)c1ccccc1.O.O=C(O)C(=O)O. The number of ether oxygens (including phenoxy) is 1. The molecule has 2 aromatic rings. The molecule has 1 unspecified atom stereocenters. The molecule has 0 heterocycles. The average molecular weight is 483 g/mol. The molecule has 180 valence electrons. The first kappa shape index (κ1) is 29.5. The molecule has 0 spiro atoms. The number of nitriles is 1. The summed E-state index contributed by atoms with van der Waals surface area (Å²) >= 11 is 0. The molecule has 0 amide bonds. The largest absolute Gasteiger partial charge is 0.489 e. The third kappa shape index (κ3) is 11.6. The van der Waals surface area contributed by atoms with Crippen LogP contribution in [0.3, 0.4) is 0 Å². The standard InChI is InChI=1S/C18H21N3O4S.C2H2O4.H2O/c19-12-15-6-4-5-9-18(15)25-14-16(22)13-20-10-11-21-26(23,24)17-7-2-1-3-8-17;3-1(4)2(5)6;/h1-9,16,20-22H,10-11,13-14H2;(H,3,4)(H,5,6);1H2. The Kier molecular flexibility index (Phi) is 13.7. The highest BCUT2D eigenvalue weighted by Gasteiger charge is 2.12. The van der Waals surface area contributed by atoms with Crippen molar-refractivity contribution in [2.75, 3.05) is 26.2 Å². The van der Waals surface area contributed by atoms with Gasteiger partial charge in [-0.3, -0.25) is 0 Å². The van der Waals surface area contributed by atoms with Gasteiger partial charge in [-0.15, -0.1) is 0 Å². The summed E-state index contributed by atoms with van der Waals surface area (Å²) in [5, 5.41) is 36.6. The lowest BCUT2D eigenvalue weighted by atomic mass is 10.2. The Balaban J connectivity index is 0.00000129. The van der Waals surface area contributed by atoms with Crippen LogP contribution in [0, 0.1) is 11.3 Å². The molecular weight excluding hydrogens is 458 g/mol. The fraction of sp³-hybridized carbons (Fsp3) is 0.250. The van der Waals surface area contributed by atoms with E-state index in [1.807, 2.05) is 6.07 Å². The van der Waals surface area contributed by atoms with Crippen LogP contribution in [-0.4, -0.2) is 73.5 Å². The molecule has 0 aliphatic rings. The van der Waals surface area contributed by atoms with Gasteiger partial charge >= 0.3 is 11.9 Å². The van der Waals surface area contributed by atoms with Crippen molar-refractivity contribution < 1.29 is 43.5 Å². The second kappa shape index (κ2) is 15.3. The van der Waals surface area contributed by atoms with Gasteiger partial charge in [-0.25, -0.2) is 22.7 Å². The highest BCUT2D eigenvalue weighted by molar-refractivity contribution is 7.89. The van der Waals surface area contributed by atoms with Crippen LogP contribution in [0.15, 0.2) is 59.5 Å². The Labute approximate surface area is 190 Å². The van der Waals surface area contributed by atoms with E-state index >= 15 is 0 Å². The lowest BCUT2D eigenvalue weighted by Gasteiger charge is -2.14. The van der Waals surface area contributed by atoms with Crippen LogP contribution in [-0.2, 0) is 19.6 Å². The number of carboxylic acids is 2. The van der Waals surface area contributed by atoms with E-state index in [-0.39, 0.29) is 30.1 Å². The molecule has 0 aromatic heterocycles. The Morgan fingerprint density at radius 2 is 1.58 bits per heavy atom. The molecule has 12 nitrogen and oxygen atoms in total. The fourth-order valence-electron chi connectivity index (χ4n) is 2.16. The van der Waals surface area contributed by atoms with Crippen LogP contribution >= 0.6 is 0 Å². The van der Waals surface area contributed by atoms with Crippen molar-refractivity contribution in [3.8, 4) is 11.8 Å². The van der Waals surface area contributed by atoms with E-state index in [0.29, 0.717) is 17.9 Å². The first-order valence-corrected chi connectivity index (χ1v) is 10.7. The predicted octanol–water partition coefficient (Wildman–Crippen LogP) is -0.803. The molecule has 2 aromatic carbocycles. The minimum absolute atomic E-state index is 0. The average Bonchev–Trinajstić information content (AvgIpc) is 2.78. The summed E-state index contributed by atoms with van der Waals surface area (Å²) in [7, 11) is -3.52. The first-order chi connectivity index (χ1) is 15.2. The number of hydrogen-bond donors (Lipinski definition) is 5. The molecule has 7 N–H and O–H groups in total. The molecule has 33 heavy (non-hydrogen) atoms. The summed E-state index contributed by atoms with van der Waals surface area (Å²) in [5.74, 6) is -3.23. The number of aliphatic carboxylic acids is 2. The lowest BCUT2D eigenvalue weighted by Crippen LogP contribution is -2.37. The second-order valence-corrected chi connectivity index (χ2v) is 7.86. The molecule has 13 heteroatoms. The summed E-state index contributed by atoms with van der Waals surface area (Å²) in [4.78, 5) is 18.4. The van der Waals surface area contributed by atoms with Crippen LogP contribution < -0.4 is 14.8 Å². The maximum absolute atomic E-state index is 12.0. The number of carbonyl (C=O) groups is 2. The van der Waals surface area contributed by atoms with Crippen LogP contribution in [0.1, 0.15) is 5.56 Å². The van der Waals surface area contributed by atoms with Gasteiger partial charge in [0.2, 0.25) is 10.0 Å². The van der Waals surface area contributed by atoms with Crippen molar-refractivity contribution in [2.24, 2.45) is 0 Å². The number of hydrogen-bond acceptors (Lipinski definition) is 8. The van der Waals surface area contributed by atoms with Crippen LogP contribution in [0.5, 0.6) is 5.75 Å². The summed E-state index contributed by atoms with van der Waals surface area (Å²) < 4.78 is 31.9. The molecule has 1 atom stereocenters. The van der Waals surface area contributed by atoms with Crippen molar-refractivity contribution in [1.29, 1.82) is 5.26 Å². The highest BCUT2D eigenvalue weighted by atomic mass is 32.2. The van der Waals surface area contributed by atoms with E-state index in [9.17, 15) is 13.5 Å². The lowest BCUT2D eigenvalue weighted by molar-refractivity contribution is -0.159. The van der Waals surface area contributed by atoms with Crippen molar-refractivity contribution in [1.82, 2.24) is 10.0 Å². The Morgan fingerprint density at radius 1 is 1.00 bits per heavy atom. The molecule has 0 aliphatic carbocycles. The van der Waals surface area contributed by atoms with Gasteiger partial charge in [-0.1, -0.05) is 30.3 Å². The smallest absolute Gasteiger partial charge is 0.414 e. The summed E-state index contributed by atoms with van der Waals surface area (Å²) in [5.41, 5.74) is 0.406. The Morgan fingerprint density at radius 3 is 2.15 bits per heavy atom. The van der Waals surface area contributed by atoms with Crippen LogP contribution in [0.25, 0.3) is 0 Å². The minimum Gasteiger partial charge on any atom is -0.489 e. The number of para-hydroxylation sites is 1. The van der Waals surface area contributed by atoms with Crippen molar-refractivity contribution in [3.05, 3.63) is 60.2 Å². The Hall–Kier alpha value is -3.54. The van der Waals surface area contributed by atoms with Gasteiger partial charge in [0, 0.05) is 19.6 Å². The van der Waals surface area contributed by atoms with Gasteiger partial charge in [0.25, 0.3) is 0 Å². The topological polar surface area (TPSA) is 218 Å². The molecule has 2 rings (SSSR count). The maximum atomic E-state index is 12.0. The van der Waals surface area contributed by atoms with Crippen LogP contribution in [0.4, 0.5) is 0 Å². The van der Waals surface area contributed by atoms with Crippen molar-refractivity contribution >= 4 is 22.0 Å². The van der Waals surface area contributed by atoms with Gasteiger partial charge in [-0.2, -0.15) is 5.26 Å². The molecular formula is C20H25N3O9S. The highest BCUT2D eigenvalue weighted by Crippen LogP contribution is 2.16. The summed E-state index contributed by atoms with van der Waals surface area (Å²) in [6.45, 7) is 0.823. The Bertz CT molecular complexity index is 1010. The van der Waals surface area contributed by atoms with E-state index in [0.717, 1.165) is 0 Å². The van der Waals surface area contributed by atoms with E-state index in [2.05, 4.69) is 10.0 Å². The van der Waals surface area contributed by atoms with E-state index in [4.69, 9.17) is 29.8 Å². The molecule has 0 aliphatic heterocycles. The molecule has 0 fully saturated rings. The normalized spacial score (nSPS) is 11.0. The quantitative estimate of drug-likeness (QED) is 0.209. The number of nitrogens with one attached hydrogen (secondary N) is 2. The zero-order valence-corrected chi connectivity index (χ0v) is 18.2. The zero-order chi connectivity index (χ0) is 24.0. The zero-order valence-electron chi connectivity index (χ0n) is 17.3. The molecule has 0 bridgehead atoms. The van der Waals surface area contributed by atoms with Gasteiger partial charge < -0.3 is 30.8 Å².